The second-order valence-electron chi connectivity index (χ2n) is 6.43. The molecule has 9 heteroatoms. The first-order valence-electron chi connectivity index (χ1n) is 9.05. The SMILES string of the molecule is CCC1(CC)NC(=O)N(CC(=O)OC(C)C(=O)Nc2ccccc2SC)C1=O. The van der Waals surface area contributed by atoms with Gasteiger partial charge in [0.05, 0.1) is 5.69 Å². The molecule has 1 unspecified atom stereocenters. The molecule has 1 saturated heterocycles. The van der Waals surface area contributed by atoms with Gasteiger partial charge in [0, 0.05) is 4.90 Å². The van der Waals surface area contributed by atoms with Gasteiger partial charge in [-0.15, -0.1) is 11.8 Å². The third-order valence-electron chi connectivity index (χ3n) is 4.78. The van der Waals surface area contributed by atoms with Crippen molar-refractivity contribution in [3.05, 3.63) is 24.3 Å². The zero-order valence-corrected chi connectivity index (χ0v) is 17.2. The van der Waals surface area contributed by atoms with Crippen LogP contribution in [0.25, 0.3) is 0 Å². The van der Waals surface area contributed by atoms with E-state index in [0.717, 1.165) is 9.80 Å². The van der Waals surface area contributed by atoms with Gasteiger partial charge < -0.3 is 15.4 Å². The standard InChI is InChI=1S/C19H25N3O5S/c1-5-19(6-2)17(25)22(18(26)21-19)11-15(23)27-12(3)16(24)20-13-9-7-8-10-14(13)28-4/h7-10,12H,5-6,11H2,1-4H3,(H,20,24)(H,21,26). The number of anilines is 1. The van der Waals surface area contributed by atoms with Crippen molar-refractivity contribution in [3.63, 3.8) is 0 Å². The van der Waals surface area contributed by atoms with Crippen LogP contribution in [-0.4, -0.2) is 53.2 Å². The lowest BCUT2D eigenvalue weighted by atomic mass is 9.93. The van der Waals surface area contributed by atoms with Crippen LogP contribution in [0.15, 0.2) is 29.2 Å². The molecule has 2 N–H and O–H groups in total. The Morgan fingerprint density at radius 3 is 2.46 bits per heavy atom. The van der Waals surface area contributed by atoms with Crippen LogP contribution in [0.1, 0.15) is 33.6 Å². The van der Waals surface area contributed by atoms with Crippen LogP contribution in [0.2, 0.25) is 0 Å². The molecule has 4 amide bonds. The van der Waals surface area contributed by atoms with E-state index < -0.39 is 42.0 Å². The van der Waals surface area contributed by atoms with Crippen LogP contribution in [0.5, 0.6) is 0 Å². The molecule has 2 rings (SSSR count). The number of thioether (sulfide) groups is 1. The highest BCUT2D eigenvalue weighted by atomic mass is 32.2. The zero-order chi connectivity index (χ0) is 20.9. The Balaban J connectivity index is 1.96. The molecule has 0 aliphatic carbocycles. The van der Waals surface area contributed by atoms with Gasteiger partial charge in [-0.05, 0) is 38.2 Å². The lowest BCUT2D eigenvalue weighted by Crippen LogP contribution is -2.46. The summed E-state index contributed by atoms with van der Waals surface area (Å²) >= 11 is 1.48. The Morgan fingerprint density at radius 1 is 1.25 bits per heavy atom. The van der Waals surface area contributed by atoms with Gasteiger partial charge in [0.2, 0.25) is 0 Å². The highest BCUT2D eigenvalue weighted by Gasteiger charge is 2.49. The first-order valence-corrected chi connectivity index (χ1v) is 10.3. The minimum atomic E-state index is -1.08. The molecular formula is C19H25N3O5S. The molecule has 0 bridgehead atoms. The number of esters is 1. The van der Waals surface area contributed by atoms with Crippen molar-refractivity contribution < 1.29 is 23.9 Å². The molecule has 0 radical (unpaired) electrons. The highest BCUT2D eigenvalue weighted by Crippen LogP contribution is 2.26. The maximum Gasteiger partial charge on any atom is 0.327 e. The van der Waals surface area contributed by atoms with Crippen molar-refractivity contribution in [2.24, 2.45) is 0 Å². The number of carbonyl (C=O) groups is 4. The number of nitrogens with zero attached hydrogens (tertiary/aromatic N) is 1. The van der Waals surface area contributed by atoms with Crippen LogP contribution in [0.3, 0.4) is 0 Å². The number of hydrogen-bond acceptors (Lipinski definition) is 6. The van der Waals surface area contributed by atoms with E-state index in [0.29, 0.717) is 18.5 Å². The van der Waals surface area contributed by atoms with E-state index in [1.54, 1.807) is 26.0 Å². The second kappa shape index (κ2) is 9.09. The number of benzene rings is 1. The number of carbonyl (C=O) groups excluding carboxylic acids is 4. The molecule has 1 heterocycles. The van der Waals surface area contributed by atoms with Crippen molar-refractivity contribution in [2.45, 2.75) is 50.2 Å². The summed E-state index contributed by atoms with van der Waals surface area (Å²) in [4.78, 5) is 50.8. The molecule has 152 valence electrons. The van der Waals surface area contributed by atoms with Gasteiger partial charge in [-0.3, -0.25) is 19.3 Å². The van der Waals surface area contributed by atoms with Crippen molar-refractivity contribution in [1.29, 1.82) is 0 Å². The third kappa shape index (κ3) is 4.46. The normalized spacial score (nSPS) is 16.5. The number of rotatable bonds is 8. The van der Waals surface area contributed by atoms with E-state index in [-0.39, 0.29) is 0 Å². The van der Waals surface area contributed by atoms with E-state index in [9.17, 15) is 19.2 Å². The predicted octanol–water partition coefficient (Wildman–Crippen LogP) is 2.39. The topological polar surface area (TPSA) is 105 Å². The molecule has 1 aliphatic rings. The number of para-hydroxylation sites is 1. The van der Waals surface area contributed by atoms with Crippen molar-refractivity contribution in [2.75, 3.05) is 18.1 Å². The molecule has 0 saturated carbocycles. The second-order valence-corrected chi connectivity index (χ2v) is 7.28. The Morgan fingerprint density at radius 2 is 1.89 bits per heavy atom. The summed E-state index contributed by atoms with van der Waals surface area (Å²) in [5, 5.41) is 5.35. The molecule has 0 aromatic heterocycles. The third-order valence-corrected chi connectivity index (χ3v) is 5.58. The summed E-state index contributed by atoms with van der Waals surface area (Å²) in [5.74, 6) is -1.78. The van der Waals surface area contributed by atoms with E-state index in [4.69, 9.17) is 4.74 Å². The summed E-state index contributed by atoms with van der Waals surface area (Å²) in [5.41, 5.74) is -0.366. The maximum absolute atomic E-state index is 12.5. The Labute approximate surface area is 168 Å². The molecule has 1 aromatic rings. The van der Waals surface area contributed by atoms with Crippen molar-refractivity contribution in [1.82, 2.24) is 10.2 Å². The smallest absolute Gasteiger partial charge is 0.327 e. The molecule has 8 nitrogen and oxygen atoms in total. The fourth-order valence-electron chi connectivity index (χ4n) is 2.95. The highest BCUT2D eigenvalue weighted by molar-refractivity contribution is 7.98. The number of urea groups is 1. The molecule has 28 heavy (non-hydrogen) atoms. The first-order chi connectivity index (χ1) is 13.3. The van der Waals surface area contributed by atoms with Crippen molar-refractivity contribution >= 4 is 41.3 Å². The van der Waals surface area contributed by atoms with Gasteiger partial charge in [0.25, 0.3) is 11.8 Å². The van der Waals surface area contributed by atoms with E-state index >= 15 is 0 Å². The predicted molar refractivity (Wildman–Crippen MR) is 106 cm³/mol. The average Bonchev–Trinajstić information content (AvgIpc) is 2.92. The largest absolute Gasteiger partial charge is 0.451 e. The van der Waals surface area contributed by atoms with Gasteiger partial charge in [0.15, 0.2) is 6.10 Å². The van der Waals surface area contributed by atoms with Gasteiger partial charge >= 0.3 is 12.0 Å². The molecule has 1 aromatic carbocycles. The lowest BCUT2D eigenvalue weighted by molar-refractivity contribution is -0.155. The Hall–Kier alpha value is -2.55. The van der Waals surface area contributed by atoms with Crippen LogP contribution in [0.4, 0.5) is 10.5 Å². The molecular weight excluding hydrogens is 382 g/mol. The number of amides is 4. The summed E-state index contributed by atoms with van der Waals surface area (Å²) < 4.78 is 5.12. The Bertz CT molecular complexity index is 779. The minimum Gasteiger partial charge on any atom is -0.451 e. The van der Waals surface area contributed by atoms with Gasteiger partial charge in [-0.2, -0.15) is 0 Å². The van der Waals surface area contributed by atoms with E-state index in [1.165, 1.54) is 18.7 Å². The van der Waals surface area contributed by atoms with Crippen LogP contribution >= 0.6 is 11.8 Å². The maximum atomic E-state index is 12.5. The zero-order valence-electron chi connectivity index (χ0n) is 16.4. The van der Waals surface area contributed by atoms with Gasteiger partial charge in [-0.25, -0.2) is 4.79 Å². The van der Waals surface area contributed by atoms with Crippen LogP contribution in [0, 0.1) is 0 Å². The number of imide groups is 1. The molecule has 1 fully saturated rings. The monoisotopic (exact) mass is 407 g/mol. The van der Waals surface area contributed by atoms with E-state index in [2.05, 4.69) is 10.6 Å². The summed E-state index contributed by atoms with van der Waals surface area (Å²) in [6, 6.07) is 6.63. The fourth-order valence-corrected chi connectivity index (χ4v) is 3.50. The molecule has 1 aliphatic heterocycles. The minimum absolute atomic E-state index is 0.424. The summed E-state index contributed by atoms with van der Waals surface area (Å²) in [6.07, 6.45) is 1.66. The summed E-state index contributed by atoms with van der Waals surface area (Å²) in [6.45, 7) is 4.49. The Kier molecular flexibility index (Phi) is 7.06. The fraction of sp³-hybridized carbons (Fsp3) is 0.474. The average molecular weight is 407 g/mol. The number of nitrogens with one attached hydrogen (secondary N) is 2. The number of hydrogen-bond donors (Lipinski definition) is 2. The summed E-state index contributed by atoms with van der Waals surface area (Å²) in [7, 11) is 0. The lowest BCUT2D eigenvalue weighted by Gasteiger charge is -2.23. The van der Waals surface area contributed by atoms with Gasteiger partial charge in [-0.1, -0.05) is 26.0 Å². The first kappa shape index (κ1) is 21.7. The molecule has 0 spiro atoms. The quantitative estimate of drug-likeness (QED) is 0.389. The number of ether oxygens (including phenoxy) is 1. The van der Waals surface area contributed by atoms with Crippen LogP contribution < -0.4 is 10.6 Å². The van der Waals surface area contributed by atoms with E-state index in [1.807, 2.05) is 18.4 Å². The van der Waals surface area contributed by atoms with Gasteiger partial charge in [0.1, 0.15) is 12.1 Å². The molecule has 1 atom stereocenters. The van der Waals surface area contributed by atoms with Crippen molar-refractivity contribution in [3.8, 4) is 0 Å². The van der Waals surface area contributed by atoms with Crippen LogP contribution in [-0.2, 0) is 19.1 Å².